The number of halogens is 1. The van der Waals surface area contributed by atoms with Crippen LogP contribution in [0.4, 0.5) is 4.39 Å². The van der Waals surface area contributed by atoms with Gasteiger partial charge in [-0.3, -0.25) is 0 Å². The average Bonchev–Trinajstić information content (AvgIpc) is 2.15. The van der Waals surface area contributed by atoms with E-state index in [9.17, 15) is 4.39 Å². The zero-order chi connectivity index (χ0) is 10.6. The second-order valence-electron chi connectivity index (χ2n) is 3.78. The van der Waals surface area contributed by atoms with Gasteiger partial charge in [-0.05, 0) is 35.7 Å². The lowest BCUT2D eigenvalue weighted by molar-refractivity contribution is 0.619. The van der Waals surface area contributed by atoms with E-state index in [2.05, 4.69) is 26.1 Å². The molecule has 1 aromatic carbocycles. The van der Waals surface area contributed by atoms with Crippen molar-refractivity contribution in [1.82, 2.24) is 5.32 Å². The summed E-state index contributed by atoms with van der Waals surface area (Å²) < 4.78 is 13.0. The van der Waals surface area contributed by atoms with Gasteiger partial charge in [-0.1, -0.05) is 26.8 Å². The highest BCUT2D eigenvalue weighted by Gasteiger charge is 2.07. The molecule has 0 amide bonds. The van der Waals surface area contributed by atoms with Gasteiger partial charge in [0.05, 0.1) is 0 Å². The molecule has 0 fully saturated rings. The van der Waals surface area contributed by atoms with E-state index < -0.39 is 0 Å². The molecule has 0 saturated heterocycles. The minimum atomic E-state index is -0.144. The molecule has 1 nitrogen and oxygen atoms in total. The van der Waals surface area contributed by atoms with E-state index in [4.69, 9.17) is 0 Å². The average molecular weight is 195 g/mol. The van der Waals surface area contributed by atoms with Gasteiger partial charge in [-0.15, -0.1) is 0 Å². The smallest absolute Gasteiger partial charge is 0.123 e. The summed E-state index contributed by atoms with van der Waals surface area (Å²) in [5.41, 5.74) is 2.30. The van der Waals surface area contributed by atoms with Crippen molar-refractivity contribution in [2.45, 2.75) is 33.2 Å². The van der Waals surface area contributed by atoms with Gasteiger partial charge in [0, 0.05) is 6.54 Å². The molecule has 1 aromatic rings. The first-order valence-electron chi connectivity index (χ1n) is 5.14. The van der Waals surface area contributed by atoms with Gasteiger partial charge in [0.2, 0.25) is 0 Å². The van der Waals surface area contributed by atoms with E-state index >= 15 is 0 Å². The van der Waals surface area contributed by atoms with Gasteiger partial charge in [0.15, 0.2) is 0 Å². The maximum absolute atomic E-state index is 13.0. The van der Waals surface area contributed by atoms with Crippen LogP contribution in [0.1, 0.15) is 37.8 Å². The molecule has 0 aliphatic heterocycles. The number of benzene rings is 1. The molecule has 0 aromatic heterocycles. The molecule has 0 heterocycles. The Balaban J connectivity index is 2.90. The topological polar surface area (TPSA) is 12.0 Å². The number of nitrogens with one attached hydrogen (secondary N) is 1. The summed E-state index contributed by atoms with van der Waals surface area (Å²) in [5.74, 6) is 0.230. The van der Waals surface area contributed by atoms with Crippen LogP contribution in [0.5, 0.6) is 0 Å². The van der Waals surface area contributed by atoms with Gasteiger partial charge >= 0.3 is 0 Å². The molecule has 2 heteroatoms. The van der Waals surface area contributed by atoms with Crippen LogP contribution in [0, 0.1) is 5.82 Å². The second kappa shape index (κ2) is 5.11. The van der Waals surface area contributed by atoms with Crippen LogP contribution in [0.25, 0.3) is 0 Å². The Morgan fingerprint density at radius 1 is 1.36 bits per heavy atom. The fourth-order valence-electron chi connectivity index (χ4n) is 1.52. The van der Waals surface area contributed by atoms with Crippen LogP contribution in [0.15, 0.2) is 18.2 Å². The highest BCUT2D eigenvalue weighted by molar-refractivity contribution is 5.30. The van der Waals surface area contributed by atoms with E-state index in [-0.39, 0.29) is 5.82 Å². The standard InChI is InChI=1S/C12H18FN/c1-4-14-8-10-5-6-11(13)7-12(10)9(2)3/h5-7,9,14H,4,8H2,1-3H3. The Labute approximate surface area is 85.3 Å². The van der Waals surface area contributed by atoms with E-state index in [1.165, 1.54) is 11.6 Å². The lowest BCUT2D eigenvalue weighted by Crippen LogP contribution is -2.13. The monoisotopic (exact) mass is 195 g/mol. The molecule has 0 spiro atoms. The Hall–Kier alpha value is -0.890. The Kier molecular flexibility index (Phi) is 4.08. The molecule has 1 rings (SSSR count). The molecule has 0 saturated carbocycles. The lowest BCUT2D eigenvalue weighted by atomic mass is 9.97. The molecule has 0 aliphatic rings. The number of hydrogen-bond donors (Lipinski definition) is 1. The Bertz CT molecular complexity index is 294. The first kappa shape index (κ1) is 11.2. The summed E-state index contributed by atoms with van der Waals surface area (Å²) in [7, 11) is 0. The zero-order valence-corrected chi connectivity index (χ0v) is 9.10. The quantitative estimate of drug-likeness (QED) is 0.778. The predicted octanol–water partition coefficient (Wildman–Crippen LogP) is 3.06. The SMILES string of the molecule is CCNCc1ccc(F)cc1C(C)C. The van der Waals surface area contributed by atoms with Gasteiger partial charge in [0.25, 0.3) is 0 Å². The van der Waals surface area contributed by atoms with Gasteiger partial charge < -0.3 is 5.32 Å². The molecular formula is C12H18FN. The van der Waals surface area contributed by atoms with Gasteiger partial charge in [-0.25, -0.2) is 4.39 Å². The fraction of sp³-hybridized carbons (Fsp3) is 0.500. The molecule has 0 bridgehead atoms. The summed E-state index contributed by atoms with van der Waals surface area (Å²) in [6.45, 7) is 8.01. The maximum Gasteiger partial charge on any atom is 0.123 e. The lowest BCUT2D eigenvalue weighted by Gasteiger charge is -2.12. The van der Waals surface area contributed by atoms with Crippen molar-refractivity contribution in [2.75, 3.05) is 6.54 Å². The Morgan fingerprint density at radius 3 is 2.64 bits per heavy atom. The van der Waals surface area contributed by atoms with Crippen molar-refractivity contribution in [3.63, 3.8) is 0 Å². The predicted molar refractivity (Wildman–Crippen MR) is 57.9 cm³/mol. The van der Waals surface area contributed by atoms with E-state index in [1.807, 2.05) is 6.07 Å². The van der Waals surface area contributed by atoms with Crippen LogP contribution in [0.2, 0.25) is 0 Å². The molecule has 0 atom stereocenters. The molecule has 78 valence electrons. The first-order valence-corrected chi connectivity index (χ1v) is 5.14. The van der Waals surface area contributed by atoms with Crippen molar-refractivity contribution in [2.24, 2.45) is 0 Å². The van der Waals surface area contributed by atoms with Crippen LogP contribution < -0.4 is 5.32 Å². The summed E-state index contributed by atoms with van der Waals surface area (Å²) in [6.07, 6.45) is 0. The molecular weight excluding hydrogens is 177 g/mol. The van der Waals surface area contributed by atoms with Crippen LogP contribution >= 0.6 is 0 Å². The Morgan fingerprint density at radius 2 is 2.07 bits per heavy atom. The van der Waals surface area contributed by atoms with Crippen LogP contribution in [0.3, 0.4) is 0 Å². The largest absolute Gasteiger partial charge is 0.313 e. The summed E-state index contributed by atoms with van der Waals surface area (Å²) >= 11 is 0. The van der Waals surface area contributed by atoms with Crippen molar-refractivity contribution in [3.8, 4) is 0 Å². The number of hydrogen-bond acceptors (Lipinski definition) is 1. The molecule has 14 heavy (non-hydrogen) atoms. The second-order valence-corrected chi connectivity index (χ2v) is 3.78. The summed E-state index contributed by atoms with van der Waals surface area (Å²) in [5, 5.41) is 3.26. The van der Waals surface area contributed by atoms with Gasteiger partial charge in [0.1, 0.15) is 5.82 Å². The number of rotatable bonds is 4. The molecule has 0 radical (unpaired) electrons. The third-order valence-corrected chi connectivity index (χ3v) is 2.30. The molecule has 0 unspecified atom stereocenters. The van der Waals surface area contributed by atoms with E-state index in [1.54, 1.807) is 6.07 Å². The molecule has 0 aliphatic carbocycles. The highest BCUT2D eigenvalue weighted by atomic mass is 19.1. The van der Waals surface area contributed by atoms with E-state index in [0.29, 0.717) is 5.92 Å². The zero-order valence-electron chi connectivity index (χ0n) is 9.10. The normalized spacial score (nSPS) is 10.9. The maximum atomic E-state index is 13.0. The fourth-order valence-corrected chi connectivity index (χ4v) is 1.52. The van der Waals surface area contributed by atoms with Crippen molar-refractivity contribution in [3.05, 3.63) is 35.1 Å². The minimum absolute atomic E-state index is 0.144. The third kappa shape index (κ3) is 2.81. The van der Waals surface area contributed by atoms with Crippen LogP contribution in [-0.2, 0) is 6.54 Å². The highest BCUT2D eigenvalue weighted by Crippen LogP contribution is 2.20. The summed E-state index contributed by atoms with van der Waals surface area (Å²) in [6, 6.07) is 5.03. The first-order chi connectivity index (χ1) is 6.65. The van der Waals surface area contributed by atoms with Crippen LogP contribution in [-0.4, -0.2) is 6.54 Å². The van der Waals surface area contributed by atoms with Crippen molar-refractivity contribution < 1.29 is 4.39 Å². The molecule has 1 N–H and O–H groups in total. The van der Waals surface area contributed by atoms with E-state index in [0.717, 1.165) is 18.7 Å². The van der Waals surface area contributed by atoms with Crippen molar-refractivity contribution >= 4 is 0 Å². The van der Waals surface area contributed by atoms with Gasteiger partial charge in [-0.2, -0.15) is 0 Å². The summed E-state index contributed by atoms with van der Waals surface area (Å²) in [4.78, 5) is 0. The third-order valence-electron chi connectivity index (χ3n) is 2.30. The minimum Gasteiger partial charge on any atom is -0.313 e. The van der Waals surface area contributed by atoms with Crippen molar-refractivity contribution in [1.29, 1.82) is 0 Å².